The van der Waals surface area contributed by atoms with E-state index < -0.39 is 59.1 Å². The lowest BCUT2D eigenvalue weighted by molar-refractivity contribution is -0.172. The molecule has 2 aromatic carbocycles. The maximum atomic E-state index is 15.8. The molecule has 0 aliphatic carbocycles. The molecule has 20 heteroatoms. The highest BCUT2D eigenvalue weighted by Gasteiger charge is 2.47. The Morgan fingerprint density at radius 3 is 2.48 bits per heavy atom. The number of thioether (sulfide) groups is 1. The molecule has 1 aromatic heterocycles. The van der Waals surface area contributed by atoms with Crippen molar-refractivity contribution in [2.45, 2.75) is 74.8 Å². The Kier molecular flexibility index (Phi) is 18.4. The van der Waals surface area contributed by atoms with E-state index in [2.05, 4.69) is 22.0 Å². The van der Waals surface area contributed by atoms with Crippen LogP contribution in [-0.4, -0.2) is 106 Å². The monoisotopic (exact) mass is 910 g/mol. The molecular formula is C44H49F3N6O10S. The average Bonchev–Trinajstić information content (AvgIpc) is 3.79. The number of aromatic nitrogens is 3. The molecule has 2 aliphatic heterocycles. The number of nitrogens with zero attached hydrogens (tertiary/aromatic N) is 5. The van der Waals surface area contributed by atoms with Crippen LogP contribution in [-0.2, 0) is 50.2 Å². The van der Waals surface area contributed by atoms with E-state index >= 15 is 4.39 Å². The number of hydrogen-bond acceptors (Lipinski definition) is 14. The first kappa shape index (κ1) is 48.9. The average molecular weight is 911 g/mol. The Labute approximate surface area is 372 Å². The molecule has 1 N–H and O–H groups in total. The van der Waals surface area contributed by atoms with Crippen molar-refractivity contribution in [3.8, 4) is 6.07 Å². The number of alkyl carbamates (subject to hydrolysis) is 1. The first-order valence-corrected chi connectivity index (χ1v) is 21.3. The van der Waals surface area contributed by atoms with Crippen LogP contribution in [0.3, 0.4) is 0 Å². The molecule has 3 atom stereocenters. The van der Waals surface area contributed by atoms with Crippen LogP contribution in [0.4, 0.5) is 22.8 Å². The van der Waals surface area contributed by atoms with Gasteiger partial charge in [-0.25, -0.2) is 32.4 Å². The van der Waals surface area contributed by atoms with Crippen LogP contribution >= 0.6 is 11.8 Å². The van der Waals surface area contributed by atoms with E-state index in [0.717, 1.165) is 18.2 Å². The summed E-state index contributed by atoms with van der Waals surface area (Å²) in [6, 6.07) is 8.85. The molecule has 16 nitrogen and oxygen atoms in total. The number of nitrogens with one attached hydrogen (secondary N) is 1. The molecule has 342 valence electrons. The minimum Gasteiger partial charge on any atom is -0.445 e. The molecular weight excluding hydrogens is 862 g/mol. The lowest BCUT2D eigenvalue weighted by Gasteiger charge is -2.40. The second-order valence-electron chi connectivity index (χ2n) is 14.8. The number of allylic oxidation sites excluding steroid dienone is 2. The zero-order chi connectivity index (χ0) is 46.1. The van der Waals surface area contributed by atoms with E-state index in [1.54, 1.807) is 30.1 Å². The summed E-state index contributed by atoms with van der Waals surface area (Å²) in [7, 11) is 0. The van der Waals surface area contributed by atoms with E-state index in [1.165, 1.54) is 60.3 Å². The number of nitriles is 1. The number of rotatable bonds is 19. The summed E-state index contributed by atoms with van der Waals surface area (Å²) in [5.41, 5.74) is -1.65. The number of amides is 2. The number of carbonyl (C=O) groups is 4. The fourth-order valence-electron chi connectivity index (χ4n) is 6.87. The molecule has 3 aromatic rings. The molecule has 3 heterocycles. The first-order chi connectivity index (χ1) is 30.8. The van der Waals surface area contributed by atoms with Crippen molar-refractivity contribution in [3.63, 3.8) is 0 Å². The normalized spacial score (nSPS) is 18.7. The Morgan fingerprint density at radius 2 is 1.81 bits per heavy atom. The van der Waals surface area contributed by atoms with E-state index in [0.29, 0.717) is 38.5 Å². The number of carbonyl (C=O) groups excluding carboxylic acids is 4. The second-order valence-corrected chi connectivity index (χ2v) is 16.4. The highest BCUT2D eigenvalue weighted by molar-refractivity contribution is 8.00. The van der Waals surface area contributed by atoms with Crippen molar-refractivity contribution in [3.05, 3.63) is 114 Å². The van der Waals surface area contributed by atoms with Gasteiger partial charge in [0.1, 0.15) is 36.7 Å². The van der Waals surface area contributed by atoms with Gasteiger partial charge in [-0.2, -0.15) is 10.4 Å². The molecule has 0 spiro atoms. The quantitative estimate of drug-likeness (QED) is 0.0446. The third kappa shape index (κ3) is 14.4. The van der Waals surface area contributed by atoms with Crippen LogP contribution in [0.25, 0.3) is 6.08 Å². The van der Waals surface area contributed by atoms with Crippen molar-refractivity contribution in [1.29, 1.82) is 5.26 Å². The summed E-state index contributed by atoms with van der Waals surface area (Å²) < 4.78 is 78.9. The van der Waals surface area contributed by atoms with Crippen LogP contribution in [0.2, 0.25) is 0 Å². The van der Waals surface area contributed by atoms with Gasteiger partial charge >= 0.3 is 18.2 Å². The van der Waals surface area contributed by atoms with Crippen molar-refractivity contribution < 1.29 is 60.8 Å². The van der Waals surface area contributed by atoms with Crippen LogP contribution in [0.1, 0.15) is 56.2 Å². The fraction of sp³-hybridized carbons (Fsp3) is 0.432. The van der Waals surface area contributed by atoms with E-state index in [-0.39, 0.29) is 73.0 Å². The van der Waals surface area contributed by atoms with Gasteiger partial charge in [-0.1, -0.05) is 36.9 Å². The smallest absolute Gasteiger partial charge is 0.445 e. The lowest BCUT2D eigenvalue weighted by Crippen LogP contribution is -2.47. The van der Waals surface area contributed by atoms with Crippen molar-refractivity contribution in [1.82, 2.24) is 25.0 Å². The molecule has 0 radical (unpaired) electrons. The molecule has 0 bridgehead atoms. The summed E-state index contributed by atoms with van der Waals surface area (Å²) in [5.74, 6) is -3.37. The van der Waals surface area contributed by atoms with Crippen LogP contribution in [0.5, 0.6) is 0 Å². The zero-order valence-electron chi connectivity index (χ0n) is 35.2. The Balaban J connectivity index is 1.17. The van der Waals surface area contributed by atoms with Gasteiger partial charge in [-0.3, -0.25) is 9.59 Å². The molecule has 64 heavy (non-hydrogen) atoms. The number of halogens is 3. The fourth-order valence-corrected chi connectivity index (χ4v) is 8.23. The summed E-state index contributed by atoms with van der Waals surface area (Å²) >= 11 is 1.23. The van der Waals surface area contributed by atoms with Gasteiger partial charge in [0.15, 0.2) is 11.9 Å². The van der Waals surface area contributed by atoms with Crippen LogP contribution in [0.15, 0.2) is 79.9 Å². The number of likely N-dealkylation sites (tertiary alicyclic amines) is 1. The molecule has 2 fully saturated rings. The lowest BCUT2D eigenvalue weighted by atomic mass is 9.89. The molecule has 2 aliphatic rings. The Bertz CT molecular complexity index is 2170. The van der Waals surface area contributed by atoms with Gasteiger partial charge in [0.05, 0.1) is 43.1 Å². The summed E-state index contributed by atoms with van der Waals surface area (Å²) in [6.07, 6.45) is 7.08. The predicted molar refractivity (Wildman–Crippen MR) is 225 cm³/mol. The second kappa shape index (κ2) is 24.0. The van der Waals surface area contributed by atoms with Gasteiger partial charge in [-0.05, 0) is 56.0 Å². The van der Waals surface area contributed by atoms with Crippen molar-refractivity contribution in [2.24, 2.45) is 5.92 Å². The minimum atomic E-state index is -1.94. The summed E-state index contributed by atoms with van der Waals surface area (Å²) in [4.78, 5) is 56.5. The highest BCUT2D eigenvalue weighted by Crippen LogP contribution is 2.42. The van der Waals surface area contributed by atoms with Gasteiger partial charge in [0.2, 0.25) is 12.2 Å². The summed E-state index contributed by atoms with van der Waals surface area (Å²) in [6.45, 7) is 7.80. The Morgan fingerprint density at radius 1 is 1.05 bits per heavy atom. The largest absolute Gasteiger partial charge is 0.512 e. The Hall–Kier alpha value is -6.17. The topological polar surface area (TPSA) is 193 Å². The third-order valence-corrected chi connectivity index (χ3v) is 11.6. The van der Waals surface area contributed by atoms with E-state index in [4.69, 9.17) is 33.7 Å². The maximum absolute atomic E-state index is 15.8. The van der Waals surface area contributed by atoms with Gasteiger partial charge in [0, 0.05) is 55.4 Å². The van der Waals surface area contributed by atoms with E-state index in [1.807, 2.05) is 6.07 Å². The minimum absolute atomic E-state index is 0.102. The van der Waals surface area contributed by atoms with Gasteiger partial charge in [0.25, 0.3) is 0 Å². The van der Waals surface area contributed by atoms with Gasteiger partial charge < -0.3 is 38.6 Å². The summed E-state index contributed by atoms with van der Waals surface area (Å²) in [5, 5.41) is 14.6. The molecule has 0 saturated carbocycles. The third-order valence-electron chi connectivity index (χ3n) is 10.2. The number of ether oxygens (including phenoxy) is 6. The standard InChI is InChI=1S/C44H49F3N6O10S/c1-4-19-58-42(56)50-23-31-15-17-52(18-16-31)39(54)13-14-40(55)61-30(3)62-43(57)63-44(26-53-28-49-27-51-53,36-12-11-34(45)21-38(36)47)29(2)64-35-24-59-41(60-25-35)8-6-5-7-33-10-9-32(22-48)20-37(33)46/h4-12,20-21,27-31,35,41H,1,13-19,23-26H2,2-3H3,(H,50,56)/b7-5+,8-6+/t29-,30?,35?,41?,44-/m1/s1. The van der Waals surface area contributed by atoms with Crippen molar-refractivity contribution in [2.75, 3.05) is 39.5 Å². The SMILES string of the molecule is C=CCOC(=O)NCC1CCN(C(=O)CCC(=O)OC(C)OC(=O)O[C@@](Cn2cncn2)(c2ccc(F)cc2F)[C@@H](C)SC2COC(/C=C/C=C/c3ccc(C#N)cc3F)OC2)CC1. The maximum Gasteiger partial charge on any atom is 0.512 e. The molecule has 5 rings (SSSR count). The number of benzene rings is 2. The number of esters is 1. The van der Waals surface area contributed by atoms with Crippen LogP contribution in [0, 0.1) is 34.7 Å². The molecule has 2 amide bonds. The van der Waals surface area contributed by atoms with Crippen molar-refractivity contribution >= 4 is 42.0 Å². The van der Waals surface area contributed by atoms with E-state index in [9.17, 15) is 28.0 Å². The predicted octanol–water partition coefficient (Wildman–Crippen LogP) is 6.57. The van der Waals surface area contributed by atoms with Crippen LogP contribution < -0.4 is 5.32 Å². The molecule has 1 unspecified atom stereocenters. The van der Waals surface area contributed by atoms with Gasteiger partial charge in [-0.15, -0.1) is 11.8 Å². The molecule has 2 saturated heterocycles. The number of hydrogen-bond donors (Lipinski definition) is 1. The number of piperidine rings is 1. The first-order valence-electron chi connectivity index (χ1n) is 20.4. The zero-order valence-corrected chi connectivity index (χ0v) is 36.1. The highest BCUT2D eigenvalue weighted by atomic mass is 32.2.